The van der Waals surface area contributed by atoms with Crippen molar-refractivity contribution in [3.63, 3.8) is 0 Å². The summed E-state index contributed by atoms with van der Waals surface area (Å²) in [5.41, 5.74) is 0.647. The van der Waals surface area contributed by atoms with Gasteiger partial charge < -0.3 is 19.1 Å². The van der Waals surface area contributed by atoms with Gasteiger partial charge >= 0.3 is 5.69 Å². The number of ether oxygens (including phenoxy) is 3. The summed E-state index contributed by atoms with van der Waals surface area (Å²) in [6.07, 6.45) is 0.883. The SMILES string of the molecule is COc1cc(N2CCOC3(CCOC3)C2)ccc1[N+](=O)[O-]. The summed E-state index contributed by atoms with van der Waals surface area (Å²) in [5.74, 6) is 0.278. The first-order valence-corrected chi connectivity index (χ1v) is 6.93. The molecule has 2 aliphatic heterocycles. The molecule has 1 aromatic carbocycles. The smallest absolute Gasteiger partial charge is 0.311 e. The Balaban J connectivity index is 1.84. The average molecular weight is 294 g/mol. The van der Waals surface area contributed by atoms with Crippen molar-refractivity contribution in [2.75, 3.05) is 44.9 Å². The number of anilines is 1. The molecule has 0 aromatic heterocycles. The van der Waals surface area contributed by atoms with Gasteiger partial charge in [-0.25, -0.2) is 0 Å². The normalized spacial score (nSPS) is 25.3. The number of hydrogen-bond acceptors (Lipinski definition) is 6. The van der Waals surface area contributed by atoms with Crippen LogP contribution in [0.5, 0.6) is 5.75 Å². The summed E-state index contributed by atoms with van der Waals surface area (Å²) < 4.78 is 16.5. The van der Waals surface area contributed by atoms with E-state index in [9.17, 15) is 10.1 Å². The molecule has 114 valence electrons. The molecule has 3 rings (SSSR count). The van der Waals surface area contributed by atoms with Gasteiger partial charge in [0, 0.05) is 43.9 Å². The number of nitrogens with zero attached hydrogens (tertiary/aromatic N) is 2. The highest BCUT2D eigenvalue weighted by Crippen LogP contribution is 2.34. The van der Waals surface area contributed by atoms with Gasteiger partial charge in [-0.05, 0) is 6.07 Å². The average Bonchev–Trinajstić information content (AvgIpc) is 2.94. The third-order valence-corrected chi connectivity index (χ3v) is 4.04. The van der Waals surface area contributed by atoms with Crippen LogP contribution in [0.25, 0.3) is 0 Å². The van der Waals surface area contributed by atoms with E-state index in [1.165, 1.54) is 13.2 Å². The third kappa shape index (κ3) is 2.66. The number of benzene rings is 1. The molecule has 1 unspecified atom stereocenters. The highest BCUT2D eigenvalue weighted by molar-refractivity contribution is 5.59. The van der Waals surface area contributed by atoms with E-state index in [-0.39, 0.29) is 17.0 Å². The molecule has 0 radical (unpaired) electrons. The summed E-state index contributed by atoms with van der Waals surface area (Å²) in [5, 5.41) is 10.9. The number of morpholine rings is 1. The summed E-state index contributed by atoms with van der Waals surface area (Å²) in [4.78, 5) is 12.7. The minimum absolute atomic E-state index is 0.0200. The van der Waals surface area contributed by atoms with Gasteiger partial charge in [0.25, 0.3) is 0 Å². The Morgan fingerprint density at radius 2 is 2.29 bits per heavy atom. The highest BCUT2D eigenvalue weighted by Gasteiger charge is 2.40. The Bertz CT molecular complexity index is 542. The first-order valence-electron chi connectivity index (χ1n) is 6.93. The molecule has 2 aliphatic rings. The van der Waals surface area contributed by atoms with E-state index >= 15 is 0 Å². The Labute approximate surface area is 122 Å². The number of hydrogen-bond donors (Lipinski definition) is 0. The van der Waals surface area contributed by atoms with Gasteiger partial charge in [0.05, 0.1) is 25.2 Å². The van der Waals surface area contributed by atoms with E-state index in [2.05, 4.69) is 4.90 Å². The predicted molar refractivity (Wildman–Crippen MR) is 76.0 cm³/mol. The molecule has 21 heavy (non-hydrogen) atoms. The molecule has 1 spiro atoms. The molecule has 7 nitrogen and oxygen atoms in total. The molecular weight excluding hydrogens is 276 g/mol. The Hall–Kier alpha value is -1.86. The number of nitro groups is 1. The van der Waals surface area contributed by atoms with Crippen molar-refractivity contribution in [3.8, 4) is 5.75 Å². The van der Waals surface area contributed by atoms with E-state index in [1.54, 1.807) is 12.1 Å². The van der Waals surface area contributed by atoms with E-state index in [1.807, 2.05) is 0 Å². The maximum Gasteiger partial charge on any atom is 0.311 e. The molecule has 0 saturated carbocycles. The van der Waals surface area contributed by atoms with Crippen LogP contribution in [0.4, 0.5) is 11.4 Å². The van der Waals surface area contributed by atoms with E-state index < -0.39 is 4.92 Å². The van der Waals surface area contributed by atoms with Gasteiger partial charge in [-0.2, -0.15) is 0 Å². The van der Waals surface area contributed by atoms with Crippen LogP contribution >= 0.6 is 0 Å². The molecule has 1 atom stereocenters. The first-order chi connectivity index (χ1) is 10.1. The molecule has 2 heterocycles. The molecule has 2 saturated heterocycles. The van der Waals surface area contributed by atoms with Crippen LogP contribution in [-0.2, 0) is 9.47 Å². The Kier molecular flexibility index (Phi) is 3.69. The quantitative estimate of drug-likeness (QED) is 0.622. The zero-order chi connectivity index (χ0) is 14.9. The van der Waals surface area contributed by atoms with Gasteiger partial charge in [-0.1, -0.05) is 0 Å². The predicted octanol–water partition coefficient (Wildman–Crippen LogP) is 1.60. The van der Waals surface area contributed by atoms with E-state index in [4.69, 9.17) is 14.2 Å². The summed E-state index contributed by atoms with van der Waals surface area (Å²) in [6, 6.07) is 4.96. The van der Waals surface area contributed by atoms with Gasteiger partial charge in [0.2, 0.25) is 0 Å². The van der Waals surface area contributed by atoms with Crippen molar-refractivity contribution in [2.45, 2.75) is 12.0 Å². The molecule has 0 bridgehead atoms. The molecule has 0 amide bonds. The van der Waals surface area contributed by atoms with Crippen LogP contribution in [-0.4, -0.2) is 50.5 Å². The second-order valence-electron chi connectivity index (χ2n) is 5.37. The second-order valence-corrected chi connectivity index (χ2v) is 5.37. The largest absolute Gasteiger partial charge is 0.490 e. The van der Waals surface area contributed by atoms with Crippen LogP contribution < -0.4 is 9.64 Å². The second kappa shape index (κ2) is 5.50. The van der Waals surface area contributed by atoms with Crippen LogP contribution in [0.15, 0.2) is 18.2 Å². The van der Waals surface area contributed by atoms with Crippen molar-refractivity contribution in [3.05, 3.63) is 28.3 Å². The maximum atomic E-state index is 10.9. The fourth-order valence-electron chi connectivity index (χ4n) is 2.91. The minimum Gasteiger partial charge on any atom is -0.490 e. The minimum atomic E-state index is -0.436. The third-order valence-electron chi connectivity index (χ3n) is 4.04. The lowest BCUT2D eigenvalue weighted by atomic mass is 10.0. The molecule has 7 heteroatoms. The van der Waals surface area contributed by atoms with Crippen molar-refractivity contribution in [1.82, 2.24) is 0 Å². The lowest BCUT2D eigenvalue weighted by Gasteiger charge is -2.40. The first kappa shape index (κ1) is 14.1. The summed E-state index contributed by atoms with van der Waals surface area (Å²) in [6.45, 7) is 3.43. The van der Waals surface area contributed by atoms with Crippen molar-refractivity contribution < 1.29 is 19.1 Å². The standard InChI is InChI=1S/C14H18N2O5/c1-19-13-8-11(2-3-12(13)16(17)18)15-5-7-21-14(9-15)4-6-20-10-14/h2-3,8H,4-7,9-10H2,1H3. The zero-order valence-electron chi connectivity index (χ0n) is 11.9. The fraction of sp³-hybridized carbons (Fsp3) is 0.571. The maximum absolute atomic E-state index is 10.9. The zero-order valence-corrected chi connectivity index (χ0v) is 11.9. The van der Waals surface area contributed by atoms with Gasteiger partial charge in [0.15, 0.2) is 5.75 Å². The van der Waals surface area contributed by atoms with Crippen LogP contribution in [0.3, 0.4) is 0 Å². The fourth-order valence-corrected chi connectivity index (χ4v) is 2.91. The lowest BCUT2D eigenvalue weighted by molar-refractivity contribution is -0.385. The van der Waals surface area contributed by atoms with E-state index in [0.29, 0.717) is 13.2 Å². The van der Waals surface area contributed by atoms with Crippen LogP contribution in [0.2, 0.25) is 0 Å². The van der Waals surface area contributed by atoms with Gasteiger partial charge in [-0.15, -0.1) is 0 Å². The lowest BCUT2D eigenvalue weighted by Crippen LogP contribution is -2.52. The highest BCUT2D eigenvalue weighted by atomic mass is 16.6. The monoisotopic (exact) mass is 294 g/mol. The number of nitro benzene ring substituents is 1. The van der Waals surface area contributed by atoms with Crippen molar-refractivity contribution in [1.29, 1.82) is 0 Å². The van der Waals surface area contributed by atoms with Crippen LogP contribution in [0, 0.1) is 10.1 Å². The molecule has 0 N–H and O–H groups in total. The molecule has 0 aliphatic carbocycles. The Morgan fingerprint density at radius 1 is 1.43 bits per heavy atom. The van der Waals surface area contributed by atoms with Crippen molar-refractivity contribution >= 4 is 11.4 Å². The number of methoxy groups -OCH3 is 1. The Morgan fingerprint density at radius 3 is 2.95 bits per heavy atom. The van der Waals surface area contributed by atoms with Crippen LogP contribution in [0.1, 0.15) is 6.42 Å². The van der Waals surface area contributed by atoms with Gasteiger partial charge in [0.1, 0.15) is 5.60 Å². The van der Waals surface area contributed by atoms with E-state index in [0.717, 1.165) is 31.8 Å². The summed E-state index contributed by atoms with van der Waals surface area (Å²) >= 11 is 0. The molecular formula is C14H18N2O5. The van der Waals surface area contributed by atoms with Crippen molar-refractivity contribution in [2.24, 2.45) is 0 Å². The van der Waals surface area contributed by atoms with Gasteiger partial charge in [-0.3, -0.25) is 10.1 Å². The number of rotatable bonds is 3. The molecule has 2 fully saturated rings. The summed E-state index contributed by atoms with van der Waals surface area (Å²) in [7, 11) is 1.44. The molecule has 1 aromatic rings. The topological polar surface area (TPSA) is 74.1 Å².